The Balaban J connectivity index is 1.24. The molecule has 3 aromatic rings. The van der Waals surface area contributed by atoms with E-state index >= 15 is 0 Å². The van der Waals surface area contributed by atoms with E-state index in [1.165, 1.54) is 12.1 Å². The molecular weight excluding hydrogens is 407 g/mol. The molecule has 6 heteroatoms. The van der Waals surface area contributed by atoms with Crippen LogP contribution in [0, 0.1) is 5.82 Å². The Morgan fingerprint density at radius 3 is 2.38 bits per heavy atom. The highest BCUT2D eigenvalue weighted by Crippen LogP contribution is 2.26. The van der Waals surface area contributed by atoms with Gasteiger partial charge in [-0.25, -0.2) is 4.39 Å². The highest BCUT2D eigenvalue weighted by atomic mass is 19.1. The third-order valence-electron chi connectivity index (χ3n) is 6.14. The number of hydrogen-bond donors (Lipinski definition) is 0. The number of esters is 1. The van der Waals surface area contributed by atoms with Gasteiger partial charge in [-0.2, -0.15) is 0 Å². The number of ether oxygens (including phenoxy) is 2. The predicted octanol–water partition coefficient (Wildman–Crippen LogP) is 4.46. The molecule has 0 aromatic heterocycles. The lowest BCUT2D eigenvalue weighted by Crippen LogP contribution is -2.47. The van der Waals surface area contributed by atoms with Gasteiger partial charge >= 0.3 is 5.97 Å². The number of rotatable bonds is 7. The summed E-state index contributed by atoms with van der Waals surface area (Å²) < 4.78 is 24.0. The minimum Gasteiger partial charge on any atom is -0.497 e. The summed E-state index contributed by atoms with van der Waals surface area (Å²) in [6, 6.07) is 18.6. The van der Waals surface area contributed by atoms with Crippen LogP contribution < -0.4 is 9.64 Å². The first-order valence-corrected chi connectivity index (χ1v) is 11.0. The van der Waals surface area contributed by atoms with Crippen molar-refractivity contribution in [2.45, 2.75) is 12.8 Å². The average Bonchev–Trinajstić information content (AvgIpc) is 2.83. The molecule has 0 radical (unpaired) electrons. The summed E-state index contributed by atoms with van der Waals surface area (Å²) in [5, 5.41) is 2.15. The van der Waals surface area contributed by atoms with E-state index in [1.807, 2.05) is 55.5 Å². The third kappa shape index (κ3) is 5.19. The quantitative estimate of drug-likeness (QED) is 0.512. The predicted molar refractivity (Wildman–Crippen MR) is 125 cm³/mol. The summed E-state index contributed by atoms with van der Waals surface area (Å²) in [6.07, 6.45) is 0. The van der Waals surface area contributed by atoms with Gasteiger partial charge in [0.15, 0.2) is 0 Å². The molecule has 1 aliphatic heterocycles. The van der Waals surface area contributed by atoms with Crippen molar-refractivity contribution in [3.05, 3.63) is 72.0 Å². The lowest BCUT2D eigenvalue weighted by atomic mass is 9.98. The van der Waals surface area contributed by atoms with Crippen LogP contribution in [0.5, 0.6) is 5.75 Å². The minimum atomic E-state index is -0.322. The number of benzene rings is 3. The molecule has 1 aliphatic rings. The molecule has 1 atom stereocenters. The number of methoxy groups -OCH3 is 1. The highest BCUT2D eigenvalue weighted by Gasteiger charge is 2.20. The monoisotopic (exact) mass is 436 g/mol. The summed E-state index contributed by atoms with van der Waals surface area (Å²) in [4.78, 5) is 17.1. The van der Waals surface area contributed by atoms with Crippen LogP contribution in [-0.2, 0) is 9.53 Å². The Hall–Kier alpha value is -3.12. The van der Waals surface area contributed by atoms with E-state index in [-0.39, 0.29) is 17.7 Å². The van der Waals surface area contributed by atoms with Gasteiger partial charge in [0.25, 0.3) is 0 Å². The van der Waals surface area contributed by atoms with Gasteiger partial charge in [-0.1, -0.05) is 24.3 Å². The molecule has 4 rings (SSSR count). The van der Waals surface area contributed by atoms with Gasteiger partial charge in [0.05, 0.1) is 13.0 Å². The van der Waals surface area contributed by atoms with Crippen LogP contribution in [0.4, 0.5) is 10.1 Å². The first-order valence-electron chi connectivity index (χ1n) is 11.0. The Bertz CT molecular complexity index is 1060. The molecule has 0 bridgehead atoms. The molecular formula is C26H29FN2O3. The molecule has 1 heterocycles. The smallest absolute Gasteiger partial charge is 0.313 e. The Kier molecular flexibility index (Phi) is 6.90. The number of fused-ring (bicyclic) bond motifs is 1. The van der Waals surface area contributed by atoms with E-state index in [4.69, 9.17) is 9.47 Å². The summed E-state index contributed by atoms with van der Waals surface area (Å²) in [5.41, 5.74) is 1.99. The minimum absolute atomic E-state index is 0.206. The van der Waals surface area contributed by atoms with E-state index in [0.717, 1.165) is 54.0 Å². The van der Waals surface area contributed by atoms with Gasteiger partial charge in [0, 0.05) is 38.4 Å². The van der Waals surface area contributed by atoms with Gasteiger partial charge in [0.1, 0.15) is 18.2 Å². The fourth-order valence-corrected chi connectivity index (χ4v) is 4.06. The molecule has 0 saturated carbocycles. The maximum atomic E-state index is 13.1. The van der Waals surface area contributed by atoms with E-state index in [1.54, 1.807) is 7.11 Å². The molecule has 168 valence electrons. The van der Waals surface area contributed by atoms with Crippen molar-refractivity contribution in [3.8, 4) is 5.75 Å². The normalized spacial score (nSPS) is 15.5. The number of anilines is 1. The second kappa shape index (κ2) is 10.0. The fourth-order valence-electron chi connectivity index (χ4n) is 4.06. The summed E-state index contributed by atoms with van der Waals surface area (Å²) in [7, 11) is 1.65. The lowest BCUT2D eigenvalue weighted by molar-refractivity contribution is -0.145. The molecule has 0 aliphatic carbocycles. The van der Waals surface area contributed by atoms with E-state index in [0.29, 0.717) is 13.2 Å². The van der Waals surface area contributed by atoms with Gasteiger partial charge in [-0.15, -0.1) is 0 Å². The van der Waals surface area contributed by atoms with Crippen molar-refractivity contribution in [2.75, 3.05) is 51.3 Å². The van der Waals surface area contributed by atoms with Crippen LogP contribution in [-0.4, -0.2) is 57.3 Å². The Morgan fingerprint density at radius 2 is 1.66 bits per heavy atom. The van der Waals surface area contributed by atoms with Crippen LogP contribution in [0.25, 0.3) is 10.8 Å². The maximum Gasteiger partial charge on any atom is 0.313 e. The molecule has 5 nitrogen and oxygen atoms in total. The standard InChI is InChI=1S/C26H29FN2O3/c1-19(20-3-4-22-18-25(31-2)10-5-21(22)17-20)26(30)32-16-15-28-11-13-29(14-12-28)24-8-6-23(27)7-9-24/h3-10,17-19H,11-16H2,1-2H3/t19-/m0/s1. The van der Waals surface area contributed by atoms with Crippen molar-refractivity contribution in [1.82, 2.24) is 4.90 Å². The van der Waals surface area contributed by atoms with Crippen LogP contribution in [0.2, 0.25) is 0 Å². The summed E-state index contributed by atoms with van der Waals surface area (Å²) >= 11 is 0. The average molecular weight is 437 g/mol. The molecule has 1 fully saturated rings. The zero-order valence-electron chi connectivity index (χ0n) is 18.6. The number of carbonyl (C=O) groups excluding carboxylic acids is 1. The van der Waals surface area contributed by atoms with Crippen molar-refractivity contribution in [1.29, 1.82) is 0 Å². The fraction of sp³-hybridized carbons (Fsp3) is 0.346. The Labute approximate surface area is 188 Å². The first kappa shape index (κ1) is 22.1. The molecule has 0 spiro atoms. The van der Waals surface area contributed by atoms with E-state index in [2.05, 4.69) is 9.80 Å². The number of nitrogens with zero attached hydrogens (tertiary/aromatic N) is 2. The number of carbonyl (C=O) groups is 1. The van der Waals surface area contributed by atoms with Gasteiger partial charge in [0.2, 0.25) is 0 Å². The number of piperazine rings is 1. The van der Waals surface area contributed by atoms with Gasteiger partial charge < -0.3 is 14.4 Å². The molecule has 0 unspecified atom stereocenters. The molecule has 32 heavy (non-hydrogen) atoms. The van der Waals surface area contributed by atoms with Crippen molar-refractivity contribution in [3.63, 3.8) is 0 Å². The van der Waals surface area contributed by atoms with Crippen molar-refractivity contribution < 1.29 is 18.7 Å². The molecule has 0 amide bonds. The third-order valence-corrected chi connectivity index (χ3v) is 6.14. The van der Waals surface area contributed by atoms with Gasteiger partial charge in [-0.3, -0.25) is 9.69 Å². The largest absolute Gasteiger partial charge is 0.497 e. The molecule has 1 saturated heterocycles. The zero-order valence-corrected chi connectivity index (χ0v) is 18.6. The number of hydrogen-bond acceptors (Lipinski definition) is 5. The Morgan fingerprint density at radius 1 is 0.969 bits per heavy atom. The highest BCUT2D eigenvalue weighted by molar-refractivity contribution is 5.86. The summed E-state index contributed by atoms with van der Waals surface area (Å²) in [5.74, 6) is 0.0724. The zero-order chi connectivity index (χ0) is 22.5. The molecule has 3 aromatic carbocycles. The number of halogens is 1. The SMILES string of the molecule is COc1ccc2cc([C@H](C)C(=O)OCCN3CCN(c4ccc(F)cc4)CC3)ccc2c1. The summed E-state index contributed by atoms with van der Waals surface area (Å²) in [6.45, 7) is 6.50. The van der Waals surface area contributed by atoms with Crippen LogP contribution in [0.3, 0.4) is 0 Å². The second-order valence-electron chi connectivity index (χ2n) is 8.17. The van der Waals surface area contributed by atoms with Gasteiger partial charge in [-0.05, 0) is 59.7 Å². The van der Waals surface area contributed by atoms with Crippen LogP contribution >= 0.6 is 0 Å². The van der Waals surface area contributed by atoms with Crippen molar-refractivity contribution in [2.24, 2.45) is 0 Å². The van der Waals surface area contributed by atoms with E-state index < -0.39 is 0 Å². The topological polar surface area (TPSA) is 42.0 Å². The first-order chi connectivity index (χ1) is 15.5. The molecule has 0 N–H and O–H groups in total. The van der Waals surface area contributed by atoms with E-state index in [9.17, 15) is 9.18 Å². The second-order valence-corrected chi connectivity index (χ2v) is 8.17. The lowest BCUT2D eigenvalue weighted by Gasteiger charge is -2.36. The van der Waals surface area contributed by atoms with Crippen LogP contribution in [0.15, 0.2) is 60.7 Å². The van der Waals surface area contributed by atoms with Crippen molar-refractivity contribution >= 4 is 22.4 Å². The maximum absolute atomic E-state index is 13.1. The van der Waals surface area contributed by atoms with Crippen LogP contribution in [0.1, 0.15) is 18.4 Å².